The Morgan fingerprint density at radius 3 is 1.88 bits per heavy atom. The van der Waals surface area contributed by atoms with Gasteiger partial charge in [0.05, 0.1) is 11.4 Å². The van der Waals surface area contributed by atoms with Crippen LogP contribution >= 0.6 is 23.1 Å². The normalized spacial score (nSPS) is 16.6. The van der Waals surface area contributed by atoms with Crippen LogP contribution in [0.2, 0.25) is 0 Å². The number of aromatic nitrogens is 3. The summed E-state index contributed by atoms with van der Waals surface area (Å²) >= 11 is 3.76. The molecule has 4 aromatic heterocycles. The van der Waals surface area contributed by atoms with Gasteiger partial charge < -0.3 is 14.4 Å². The Morgan fingerprint density at radius 2 is 1.23 bits per heavy atom. The van der Waals surface area contributed by atoms with Crippen molar-refractivity contribution in [2.75, 3.05) is 9.80 Å². The fraction of sp³-hybridized carbons (Fsp3) is 0.160. The number of hydrogen-bond donors (Lipinski definition) is 0. The van der Waals surface area contributed by atoms with Crippen LogP contribution in [0.1, 0.15) is 44.9 Å². The molecule has 7 aromatic rings. The van der Waals surface area contributed by atoms with Crippen LogP contribution in [0.4, 0.5) is 22.1 Å². The quantitative estimate of drug-likeness (QED) is 0.138. The highest BCUT2D eigenvalue weighted by atomic mass is 32.2. The molecule has 1 aliphatic heterocycles. The summed E-state index contributed by atoms with van der Waals surface area (Å²) in [5, 5.41) is 1.46. The van der Waals surface area contributed by atoms with E-state index in [0.29, 0.717) is 5.37 Å². The first-order chi connectivity index (χ1) is 27.9. The lowest BCUT2D eigenvalue weighted by Gasteiger charge is -2.38. The predicted octanol–water partition coefficient (Wildman–Crippen LogP) is 13.6. The molecule has 0 radical (unpaired) electrons. The highest BCUT2D eigenvalue weighted by Gasteiger charge is 2.31. The van der Waals surface area contributed by atoms with Crippen LogP contribution in [0.25, 0.3) is 32.2 Å². The summed E-state index contributed by atoms with van der Waals surface area (Å²) in [6.45, 7) is 6.91. The van der Waals surface area contributed by atoms with Crippen LogP contribution in [-0.4, -0.2) is 26.0 Å². The summed E-state index contributed by atoms with van der Waals surface area (Å²) in [5.41, 5.74) is 10.7. The summed E-state index contributed by atoms with van der Waals surface area (Å²) in [7, 11) is 0. The molecule has 57 heavy (non-hydrogen) atoms. The highest BCUT2D eigenvalue weighted by Crippen LogP contribution is 2.45. The van der Waals surface area contributed by atoms with Gasteiger partial charge >= 0.3 is 0 Å². The third-order valence-electron chi connectivity index (χ3n) is 10.6. The maximum Gasteiger partial charge on any atom is 0.101 e. The monoisotopic (exact) mass is 779 g/mol. The fourth-order valence-electron chi connectivity index (χ4n) is 8.00. The van der Waals surface area contributed by atoms with Crippen molar-refractivity contribution in [3.63, 3.8) is 0 Å². The molecule has 0 fully saturated rings. The molecule has 282 valence electrons. The average molecular weight is 780 g/mol. The Balaban J connectivity index is 0.990. The Kier molecular flexibility index (Phi) is 10.3. The number of anilines is 4. The number of thioether (sulfide) groups is 1. The lowest BCUT2D eigenvalue weighted by atomic mass is 9.97. The first-order valence-corrected chi connectivity index (χ1v) is 21.3. The zero-order chi connectivity index (χ0) is 38.8. The topological polar surface area (TPSA) is 37.2 Å². The molecule has 0 saturated carbocycles. The van der Waals surface area contributed by atoms with E-state index in [1.54, 1.807) is 11.3 Å². The van der Waals surface area contributed by atoms with Crippen LogP contribution in [-0.2, 0) is 5.54 Å². The first kappa shape index (κ1) is 36.7. The molecule has 7 heteroatoms. The lowest BCUT2D eigenvalue weighted by Crippen LogP contribution is -2.40. The number of benzene rings is 3. The minimum absolute atomic E-state index is 0.144. The van der Waals surface area contributed by atoms with E-state index in [2.05, 4.69) is 203 Å². The number of allylic oxidation sites excluding steroid dienone is 2. The molecule has 2 unspecified atom stereocenters. The van der Waals surface area contributed by atoms with Crippen LogP contribution in [0.15, 0.2) is 183 Å². The fourth-order valence-corrected chi connectivity index (χ4v) is 10.4. The van der Waals surface area contributed by atoms with E-state index >= 15 is 0 Å². The van der Waals surface area contributed by atoms with E-state index in [1.807, 2.05) is 36.5 Å². The van der Waals surface area contributed by atoms with Crippen molar-refractivity contribution in [1.29, 1.82) is 0 Å². The Hall–Kier alpha value is -5.89. The molecule has 0 saturated heterocycles. The molecular weight excluding hydrogens is 735 g/mol. The second-order valence-electron chi connectivity index (χ2n) is 15.4. The maximum atomic E-state index is 4.34. The lowest BCUT2D eigenvalue weighted by molar-refractivity contribution is 0.400. The molecule has 5 nitrogen and oxygen atoms in total. The van der Waals surface area contributed by atoms with Crippen LogP contribution in [0.3, 0.4) is 0 Å². The first-order valence-electron chi connectivity index (χ1n) is 19.6. The van der Waals surface area contributed by atoms with E-state index in [0.717, 1.165) is 29.2 Å². The summed E-state index contributed by atoms with van der Waals surface area (Å²) < 4.78 is 2.51. The number of hydrogen-bond acceptors (Lipinski definition) is 6. The van der Waals surface area contributed by atoms with Crippen LogP contribution in [0, 0.1) is 0 Å². The van der Waals surface area contributed by atoms with Gasteiger partial charge in [-0.1, -0.05) is 97.1 Å². The molecule has 9 rings (SSSR count). The minimum Gasteiger partial charge on any atom is -0.352 e. The van der Waals surface area contributed by atoms with Crippen molar-refractivity contribution >= 4 is 55.6 Å². The van der Waals surface area contributed by atoms with Gasteiger partial charge in [0.25, 0.3) is 0 Å². The van der Waals surface area contributed by atoms with Gasteiger partial charge in [0, 0.05) is 68.6 Å². The smallest absolute Gasteiger partial charge is 0.101 e. The van der Waals surface area contributed by atoms with Gasteiger partial charge in [0.1, 0.15) is 5.00 Å². The van der Waals surface area contributed by atoms with Crippen molar-refractivity contribution in [3.05, 3.63) is 194 Å². The van der Waals surface area contributed by atoms with Gasteiger partial charge in [-0.3, -0.25) is 9.97 Å². The zero-order valence-electron chi connectivity index (χ0n) is 32.4. The summed E-state index contributed by atoms with van der Waals surface area (Å²) in [4.78, 5) is 16.2. The third-order valence-corrected chi connectivity index (χ3v) is 13.1. The second kappa shape index (κ2) is 15.9. The van der Waals surface area contributed by atoms with Gasteiger partial charge in [-0.15, -0.1) is 23.1 Å². The molecule has 5 heterocycles. The summed E-state index contributed by atoms with van der Waals surface area (Å²) in [6, 6.07) is 48.1. The molecule has 1 aliphatic carbocycles. The summed E-state index contributed by atoms with van der Waals surface area (Å²) in [5.74, 6) is 0. The number of rotatable bonds is 10. The maximum absolute atomic E-state index is 4.34. The minimum atomic E-state index is -0.144. The van der Waals surface area contributed by atoms with Crippen LogP contribution in [0.5, 0.6) is 0 Å². The molecule has 0 spiro atoms. The second-order valence-corrected chi connectivity index (χ2v) is 17.7. The van der Waals surface area contributed by atoms with E-state index in [-0.39, 0.29) is 11.6 Å². The van der Waals surface area contributed by atoms with Crippen molar-refractivity contribution in [3.8, 4) is 21.7 Å². The molecule has 0 amide bonds. The SMILES string of the molecule is CC(C)(C)n1c(C2=CCC(N(c3ccncc3)C3CC=C(c4ccccc4)S3)C=C2)ccc1-c1ccc(N(c2ccncc2)c2ccc(-c3ccccc3)s2)cc1. The molecule has 2 aliphatic rings. The highest BCUT2D eigenvalue weighted by molar-refractivity contribution is 8.09. The molecular formula is C50H45N5S2. The van der Waals surface area contributed by atoms with E-state index in [9.17, 15) is 0 Å². The van der Waals surface area contributed by atoms with Crippen molar-refractivity contribution in [2.24, 2.45) is 0 Å². The van der Waals surface area contributed by atoms with E-state index < -0.39 is 0 Å². The van der Waals surface area contributed by atoms with Crippen molar-refractivity contribution in [1.82, 2.24) is 14.5 Å². The van der Waals surface area contributed by atoms with Crippen molar-refractivity contribution in [2.45, 2.75) is 50.6 Å². The van der Waals surface area contributed by atoms with E-state index in [4.69, 9.17) is 0 Å². The zero-order valence-corrected chi connectivity index (χ0v) is 34.1. The Labute approximate surface area is 344 Å². The van der Waals surface area contributed by atoms with Gasteiger partial charge in [-0.25, -0.2) is 0 Å². The third kappa shape index (κ3) is 7.65. The number of pyridine rings is 2. The Bertz CT molecular complexity index is 2530. The largest absolute Gasteiger partial charge is 0.352 e. The average Bonchev–Trinajstić information content (AvgIpc) is 4.05. The summed E-state index contributed by atoms with van der Waals surface area (Å²) in [6.07, 6.45) is 19.0. The van der Waals surface area contributed by atoms with E-state index in [1.165, 1.54) is 49.1 Å². The van der Waals surface area contributed by atoms with Gasteiger partial charge in [-0.2, -0.15) is 0 Å². The molecule has 2 atom stereocenters. The van der Waals surface area contributed by atoms with Crippen LogP contribution < -0.4 is 9.80 Å². The molecule has 3 aromatic carbocycles. The molecule has 0 bridgehead atoms. The standard InChI is InChI=1S/C50H45N5S2/c1-50(2,3)55-44(36-14-18-40(19-15-36)53(42-28-32-51-33-29-42)48-26-24-46(56-48)38-10-6-4-7-11-38)22-23-45(55)37-16-20-41(21-17-37)54(43-30-34-52-35-31-43)49-27-25-47(57-49)39-12-8-5-9-13-39/h4-20,22-26,28-35,41,49H,21,27H2,1-3H3. The predicted molar refractivity (Wildman–Crippen MR) is 243 cm³/mol. The van der Waals surface area contributed by atoms with Gasteiger partial charge in [0.2, 0.25) is 0 Å². The number of thiophene rings is 1. The Morgan fingerprint density at radius 1 is 0.596 bits per heavy atom. The van der Waals surface area contributed by atoms with Gasteiger partial charge in [0.15, 0.2) is 0 Å². The number of nitrogens with zero attached hydrogens (tertiary/aromatic N) is 5. The molecule has 0 N–H and O–H groups in total. The van der Waals surface area contributed by atoms with Crippen molar-refractivity contribution < 1.29 is 0 Å². The van der Waals surface area contributed by atoms with Gasteiger partial charge in [-0.05, 0) is 117 Å².